The normalized spacial score (nSPS) is 11.1. The maximum atomic E-state index is 5.67. The summed E-state index contributed by atoms with van der Waals surface area (Å²) in [6, 6.07) is 0. The summed E-state index contributed by atoms with van der Waals surface area (Å²) in [5, 5.41) is 3.97. The number of rotatable bonds is 3. The van der Waals surface area contributed by atoms with Crippen LogP contribution in [0.25, 0.3) is 11.2 Å². The van der Waals surface area contributed by atoms with Crippen molar-refractivity contribution < 1.29 is 0 Å². The van der Waals surface area contributed by atoms with E-state index in [1.807, 2.05) is 0 Å². The van der Waals surface area contributed by atoms with Crippen LogP contribution < -0.4 is 11.1 Å². The van der Waals surface area contributed by atoms with Crippen LogP contribution in [0.4, 0.5) is 16.9 Å². The van der Waals surface area contributed by atoms with Crippen molar-refractivity contribution in [2.45, 2.75) is 20.3 Å². The number of imidazole rings is 1. The van der Waals surface area contributed by atoms with Crippen LogP contribution in [-0.2, 0) is 6.42 Å². The highest BCUT2D eigenvalue weighted by molar-refractivity contribution is 7.15. The molecule has 3 rings (SSSR count). The van der Waals surface area contributed by atoms with E-state index in [9.17, 15) is 0 Å². The Morgan fingerprint density at radius 3 is 2.95 bits per heavy atom. The first-order valence-electron chi connectivity index (χ1n) is 5.87. The van der Waals surface area contributed by atoms with Gasteiger partial charge in [0.05, 0.1) is 12.0 Å². The second-order valence-corrected chi connectivity index (χ2v) is 5.24. The van der Waals surface area contributed by atoms with Gasteiger partial charge < -0.3 is 16.0 Å². The molecule has 0 aliphatic heterocycles. The Morgan fingerprint density at radius 2 is 2.21 bits per heavy atom. The molecule has 0 spiro atoms. The summed E-state index contributed by atoms with van der Waals surface area (Å²) in [5.74, 6) is 0.780. The van der Waals surface area contributed by atoms with Crippen LogP contribution in [0, 0.1) is 6.92 Å². The van der Waals surface area contributed by atoms with Gasteiger partial charge in [-0.15, -0.1) is 11.3 Å². The minimum atomic E-state index is 0.186. The second-order valence-electron chi connectivity index (χ2n) is 4.03. The highest BCUT2D eigenvalue weighted by Crippen LogP contribution is 2.27. The third-order valence-corrected chi connectivity index (χ3v) is 3.68. The number of thiazole rings is 1. The molecule has 98 valence electrons. The molecule has 7 nitrogen and oxygen atoms in total. The van der Waals surface area contributed by atoms with E-state index in [0.29, 0.717) is 11.5 Å². The molecule has 3 aromatic rings. The quantitative estimate of drug-likeness (QED) is 0.675. The Hall–Kier alpha value is -2.22. The van der Waals surface area contributed by atoms with Crippen LogP contribution in [0.1, 0.15) is 17.5 Å². The summed E-state index contributed by atoms with van der Waals surface area (Å²) in [7, 11) is 0. The van der Waals surface area contributed by atoms with Crippen LogP contribution in [0.3, 0.4) is 0 Å². The van der Waals surface area contributed by atoms with Crippen LogP contribution in [-0.4, -0.2) is 24.9 Å². The number of hydrogen-bond acceptors (Lipinski definition) is 7. The number of fused-ring (bicyclic) bond motifs is 1. The molecule has 19 heavy (non-hydrogen) atoms. The summed E-state index contributed by atoms with van der Waals surface area (Å²) in [5.41, 5.74) is 8.02. The lowest BCUT2D eigenvalue weighted by molar-refractivity contribution is 1.04. The zero-order valence-electron chi connectivity index (χ0n) is 10.6. The summed E-state index contributed by atoms with van der Waals surface area (Å²) >= 11 is 1.59. The zero-order valence-corrected chi connectivity index (χ0v) is 11.4. The number of aryl methyl sites for hydroxylation is 2. The molecule has 0 saturated carbocycles. The number of nitrogen functional groups attached to an aromatic ring is 1. The smallest absolute Gasteiger partial charge is 0.224 e. The van der Waals surface area contributed by atoms with Gasteiger partial charge in [0.1, 0.15) is 5.52 Å². The average Bonchev–Trinajstić information content (AvgIpc) is 2.95. The van der Waals surface area contributed by atoms with E-state index in [0.717, 1.165) is 22.8 Å². The predicted octanol–water partition coefficient (Wildman–Crippen LogP) is 2.01. The molecule has 0 unspecified atom stereocenters. The summed E-state index contributed by atoms with van der Waals surface area (Å²) in [6.07, 6.45) is 2.48. The minimum Gasteiger partial charge on any atom is -0.368 e. The fraction of sp³-hybridized carbons (Fsp3) is 0.273. The van der Waals surface area contributed by atoms with Crippen LogP contribution in [0.5, 0.6) is 0 Å². The maximum Gasteiger partial charge on any atom is 0.224 e. The monoisotopic (exact) mass is 275 g/mol. The molecule has 3 aromatic heterocycles. The van der Waals surface area contributed by atoms with Gasteiger partial charge in [0.2, 0.25) is 5.95 Å². The van der Waals surface area contributed by atoms with Crippen molar-refractivity contribution in [2.75, 3.05) is 11.1 Å². The number of aromatic amines is 1. The van der Waals surface area contributed by atoms with Gasteiger partial charge >= 0.3 is 0 Å². The van der Waals surface area contributed by atoms with E-state index in [-0.39, 0.29) is 5.95 Å². The summed E-state index contributed by atoms with van der Waals surface area (Å²) in [6.45, 7) is 4.14. The molecule has 0 aliphatic rings. The van der Waals surface area contributed by atoms with Crippen molar-refractivity contribution in [3.8, 4) is 0 Å². The van der Waals surface area contributed by atoms with Crippen molar-refractivity contribution in [3.63, 3.8) is 0 Å². The van der Waals surface area contributed by atoms with E-state index in [1.54, 1.807) is 17.7 Å². The molecule has 0 saturated heterocycles. The third-order valence-electron chi connectivity index (χ3n) is 2.76. The first-order valence-corrected chi connectivity index (χ1v) is 6.69. The lowest BCUT2D eigenvalue weighted by Crippen LogP contribution is -2.01. The molecule has 0 aromatic carbocycles. The Labute approximate surface area is 113 Å². The molecular formula is C11H13N7S. The molecule has 8 heteroatoms. The van der Waals surface area contributed by atoms with Gasteiger partial charge in [0.15, 0.2) is 16.6 Å². The third kappa shape index (κ3) is 2.10. The van der Waals surface area contributed by atoms with Gasteiger partial charge in [-0.05, 0) is 13.3 Å². The molecule has 0 amide bonds. The number of nitrogens with one attached hydrogen (secondary N) is 2. The number of nitrogens with zero attached hydrogens (tertiary/aromatic N) is 4. The number of nitrogens with two attached hydrogens (primary N) is 1. The van der Waals surface area contributed by atoms with E-state index in [4.69, 9.17) is 5.73 Å². The number of H-pyrrole nitrogens is 1. The van der Waals surface area contributed by atoms with E-state index >= 15 is 0 Å². The summed E-state index contributed by atoms with van der Waals surface area (Å²) in [4.78, 5) is 21.0. The Morgan fingerprint density at radius 1 is 1.37 bits per heavy atom. The van der Waals surface area contributed by atoms with E-state index < -0.39 is 0 Å². The van der Waals surface area contributed by atoms with Crippen molar-refractivity contribution in [1.29, 1.82) is 0 Å². The Balaban J connectivity index is 2.02. The number of anilines is 3. The van der Waals surface area contributed by atoms with Crippen molar-refractivity contribution in [3.05, 3.63) is 16.9 Å². The highest BCUT2D eigenvalue weighted by Gasteiger charge is 2.11. The Kier molecular flexibility index (Phi) is 2.79. The van der Waals surface area contributed by atoms with E-state index in [2.05, 4.69) is 44.1 Å². The van der Waals surface area contributed by atoms with Gasteiger partial charge in [-0.25, -0.2) is 9.97 Å². The Bertz CT molecular complexity index is 730. The van der Waals surface area contributed by atoms with Gasteiger partial charge in [0, 0.05) is 4.88 Å². The molecule has 0 fully saturated rings. The fourth-order valence-corrected chi connectivity index (χ4v) is 2.75. The average molecular weight is 275 g/mol. The number of hydrogen-bond donors (Lipinski definition) is 3. The first-order chi connectivity index (χ1) is 9.17. The van der Waals surface area contributed by atoms with Gasteiger partial charge in [-0.2, -0.15) is 9.97 Å². The lowest BCUT2D eigenvalue weighted by atomic mass is 10.3. The second kappa shape index (κ2) is 4.47. The minimum absolute atomic E-state index is 0.186. The van der Waals surface area contributed by atoms with E-state index in [1.165, 1.54) is 4.88 Å². The van der Waals surface area contributed by atoms with Crippen molar-refractivity contribution >= 4 is 39.4 Å². The first kappa shape index (κ1) is 11.8. The highest BCUT2D eigenvalue weighted by atomic mass is 32.1. The standard InChI is InChI=1S/C11H13N7S/c1-3-6-5(2)19-11(15-6)18-9-7-8(14-4-13-7)16-10(12)17-9/h4H,3H2,1-2H3,(H4,12,13,14,15,16,17,18). The lowest BCUT2D eigenvalue weighted by Gasteiger charge is -2.03. The largest absolute Gasteiger partial charge is 0.368 e. The predicted molar refractivity (Wildman–Crippen MR) is 75.6 cm³/mol. The zero-order chi connectivity index (χ0) is 13.4. The molecule has 0 bridgehead atoms. The summed E-state index contributed by atoms with van der Waals surface area (Å²) < 4.78 is 0. The van der Waals surface area contributed by atoms with Crippen LogP contribution >= 0.6 is 11.3 Å². The molecule has 3 heterocycles. The fourth-order valence-electron chi connectivity index (χ4n) is 1.85. The van der Waals surface area contributed by atoms with Crippen molar-refractivity contribution in [2.24, 2.45) is 0 Å². The van der Waals surface area contributed by atoms with Gasteiger partial charge in [-0.1, -0.05) is 6.92 Å². The SMILES string of the molecule is CCc1nc(Nc2nc(N)nc3nc[nH]c23)sc1C. The number of aromatic nitrogens is 5. The van der Waals surface area contributed by atoms with Crippen LogP contribution in [0.2, 0.25) is 0 Å². The molecule has 0 aliphatic carbocycles. The van der Waals surface area contributed by atoms with Gasteiger partial charge in [0.25, 0.3) is 0 Å². The van der Waals surface area contributed by atoms with Crippen LogP contribution in [0.15, 0.2) is 6.33 Å². The molecule has 0 atom stereocenters. The molecule has 0 radical (unpaired) electrons. The topological polar surface area (TPSA) is 105 Å². The molecule has 4 N–H and O–H groups in total. The maximum absolute atomic E-state index is 5.67. The van der Waals surface area contributed by atoms with Gasteiger partial charge in [-0.3, -0.25) is 0 Å². The van der Waals surface area contributed by atoms with Crippen molar-refractivity contribution in [1.82, 2.24) is 24.9 Å². The molecular weight excluding hydrogens is 262 g/mol.